The SMILES string of the molecule is C=CCC(C)NCCCOC. The maximum absolute atomic E-state index is 4.92. The summed E-state index contributed by atoms with van der Waals surface area (Å²) in [4.78, 5) is 0. The normalized spacial score (nSPS) is 12.9. The van der Waals surface area contributed by atoms with Crippen LogP contribution >= 0.6 is 0 Å². The second kappa shape index (κ2) is 7.76. The molecule has 0 radical (unpaired) electrons. The molecule has 0 spiro atoms. The molecule has 0 rings (SSSR count). The Morgan fingerprint density at radius 2 is 2.36 bits per heavy atom. The van der Waals surface area contributed by atoms with Gasteiger partial charge in [0.25, 0.3) is 0 Å². The predicted octanol–water partition coefficient (Wildman–Crippen LogP) is 1.58. The highest BCUT2D eigenvalue weighted by molar-refractivity contribution is 4.74. The lowest BCUT2D eigenvalue weighted by Crippen LogP contribution is -2.26. The van der Waals surface area contributed by atoms with E-state index in [9.17, 15) is 0 Å². The number of ether oxygens (including phenoxy) is 1. The van der Waals surface area contributed by atoms with Gasteiger partial charge in [0.1, 0.15) is 0 Å². The Morgan fingerprint density at radius 1 is 1.64 bits per heavy atom. The maximum Gasteiger partial charge on any atom is 0.0474 e. The number of methoxy groups -OCH3 is 1. The topological polar surface area (TPSA) is 21.3 Å². The van der Waals surface area contributed by atoms with Gasteiger partial charge in [-0.15, -0.1) is 6.58 Å². The van der Waals surface area contributed by atoms with Gasteiger partial charge in [-0.1, -0.05) is 6.08 Å². The molecule has 0 saturated carbocycles. The first-order chi connectivity index (χ1) is 5.31. The minimum absolute atomic E-state index is 0.546. The van der Waals surface area contributed by atoms with Gasteiger partial charge in [0, 0.05) is 19.8 Å². The van der Waals surface area contributed by atoms with Gasteiger partial charge in [-0.05, 0) is 26.3 Å². The molecular weight excluding hydrogens is 138 g/mol. The van der Waals surface area contributed by atoms with Crippen LogP contribution in [0.1, 0.15) is 19.8 Å². The highest BCUT2D eigenvalue weighted by Crippen LogP contribution is 1.90. The first-order valence-electron chi connectivity index (χ1n) is 4.14. The van der Waals surface area contributed by atoms with Crippen molar-refractivity contribution in [2.24, 2.45) is 0 Å². The van der Waals surface area contributed by atoms with Gasteiger partial charge < -0.3 is 10.1 Å². The smallest absolute Gasteiger partial charge is 0.0474 e. The molecule has 66 valence electrons. The Hall–Kier alpha value is -0.340. The maximum atomic E-state index is 4.92. The van der Waals surface area contributed by atoms with Crippen molar-refractivity contribution < 1.29 is 4.74 Å². The summed E-state index contributed by atoms with van der Waals surface area (Å²) < 4.78 is 4.92. The summed E-state index contributed by atoms with van der Waals surface area (Å²) in [6.07, 6.45) is 4.05. The Morgan fingerprint density at radius 3 is 2.91 bits per heavy atom. The van der Waals surface area contributed by atoms with Crippen LogP contribution in [0.3, 0.4) is 0 Å². The minimum atomic E-state index is 0.546. The van der Waals surface area contributed by atoms with Crippen LogP contribution in [0.2, 0.25) is 0 Å². The van der Waals surface area contributed by atoms with Gasteiger partial charge in [0.05, 0.1) is 0 Å². The summed E-state index contributed by atoms with van der Waals surface area (Å²) in [5.74, 6) is 0. The molecule has 1 N–H and O–H groups in total. The molecule has 0 aliphatic heterocycles. The zero-order valence-electron chi connectivity index (χ0n) is 7.60. The molecule has 0 aliphatic carbocycles. The molecular formula is C9H19NO. The summed E-state index contributed by atoms with van der Waals surface area (Å²) in [7, 11) is 1.73. The lowest BCUT2D eigenvalue weighted by Gasteiger charge is -2.10. The molecule has 0 heterocycles. The average molecular weight is 157 g/mol. The molecule has 1 unspecified atom stereocenters. The minimum Gasteiger partial charge on any atom is -0.385 e. The van der Waals surface area contributed by atoms with E-state index < -0.39 is 0 Å². The molecule has 0 amide bonds. The van der Waals surface area contributed by atoms with E-state index >= 15 is 0 Å². The number of rotatable bonds is 7. The fourth-order valence-electron chi connectivity index (χ4n) is 0.898. The molecule has 2 heteroatoms. The Bertz CT molecular complexity index is 93.6. The van der Waals surface area contributed by atoms with E-state index in [0.29, 0.717) is 6.04 Å². The highest BCUT2D eigenvalue weighted by atomic mass is 16.5. The zero-order valence-corrected chi connectivity index (χ0v) is 7.60. The molecule has 1 atom stereocenters. The molecule has 0 fully saturated rings. The van der Waals surface area contributed by atoms with Crippen LogP contribution in [0.5, 0.6) is 0 Å². The van der Waals surface area contributed by atoms with Crippen LogP contribution in [-0.2, 0) is 4.74 Å². The standard InChI is InChI=1S/C9H19NO/c1-4-6-9(2)10-7-5-8-11-3/h4,9-10H,1,5-8H2,2-3H3. The van der Waals surface area contributed by atoms with E-state index in [1.54, 1.807) is 7.11 Å². The van der Waals surface area contributed by atoms with Gasteiger partial charge in [0.2, 0.25) is 0 Å². The first kappa shape index (κ1) is 10.7. The molecule has 0 saturated heterocycles. The van der Waals surface area contributed by atoms with Crippen molar-refractivity contribution >= 4 is 0 Å². The summed E-state index contributed by atoms with van der Waals surface area (Å²) in [5.41, 5.74) is 0. The van der Waals surface area contributed by atoms with Gasteiger partial charge >= 0.3 is 0 Å². The van der Waals surface area contributed by atoms with Gasteiger partial charge in [-0.3, -0.25) is 0 Å². The van der Waals surface area contributed by atoms with Crippen LogP contribution in [0.15, 0.2) is 12.7 Å². The van der Waals surface area contributed by atoms with Crippen LogP contribution in [0.25, 0.3) is 0 Å². The second-order valence-electron chi connectivity index (χ2n) is 2.73. The van der Waals surface area contributed by atoms with Crippen LogP contribution in [-0.4, -0.2) is 26.3 Å². The van der Waals surface area contributed by atoms with Crippen molar-refractivity contribution in [1.29, 1.82) is 0 Å². The van der Waals surface area contributed by atoms with E-state index in [1.165, 1.54) is 0 Å². The molecule has 0 aromatic heterocycles. The molecule has 11 heavy (non-hydrogen) atoms. The Kier molecular flexibility index (Phi) is 7.52. The molecule has 0 bridgehead atoms. The summed E-state index contributed by atoms with van der Waals surface area (Å²) in [6.45, 7) is 7.71. The van der Waals surface area contributed by atoms with Crippen LogP contribution in [0, 0.1) is 0 Å². The van der Waals surface area contributed by atoms with Crippen molar-refractivity contribution in [2.75, 3.05) is 20.3 Å². The first-order valence-corrected chi connectivity index (χ1v) is 4.14. The highest BCUT2D eigenvalue weighted by Gasteiger charge is 1.95. The number of nitrogens with one attached hydrogen (secondary N) is 1. The van der Waals surface area contributed by atoms with E-state index in [1.807, 2.05) is 6.08 Å². The van der Waals surface area contributed by atoms with Crippen molar-refractivity contribution in [3.05, 3.63) is 12.7 Å². The zero-order chi connectivity index (χ0) is 8.53. The van der Waals surface area contributed by atoms with Gasteiger partial charge in [-0.2, -0.15) is 0 Å². The van der Waals surface area contributed by atoms with E-state index in [4.69, 9.17) is 4.74 Å². The monoisotopic (exact) mass is 157 g/mol. The molecule has 0 aliphatic rings. The lowest BCUT2D eigenvalue weighted by atomic mass is 10.2. The van der Waals surface area contributed by atoms with Crippen molar-refractivity contribution in [1.82, 2.24) is 5.32 Å². The van der Waals surface area contributed by atoms with Crippen LogP contribution in [0.4, 0.5) is 0 Å². The third-order valence-corrected chi connectivity index (χ3v) is 1.54. The number of hydrogen-bond donors (Lipinski definition) is 1. The molecule has 2 nitrogen and oxygen atoms in total. The van der Waals surface area contributed by atoms with Crippen molar-refractivity contribution in [2.45, 2.75) is 25.8 Å². The third kappa shape index (κ3) is 7.56. The number of hydrogen-bond acceptors (Lipinski definition) is 2. The van der Waals surface area contributed by atoms with Gasteiger partial charge in [-0.25, -0.2) is 0 Å². The fourth-order valence-corrected chi connectivity index (χ4v) is 0.898. The molecule has 0 aromatic rings. The third-order valence-electron chi connectivity index (χ3n) is 1.54. The average Bonchev–Trinajstić information content (AvgIpc) is 1.99. The fraction of sp³-hybridized carbons (Fsp3) is 0.778. The summed E-state index contributed by atoms with van der Waals surface area (Å²) in [6, 6.07) is 0.546. The van der Waals surface area contributed by atoms with Gasteiger partial charge in [0.15, 0.2) is 0 Å². The second-order valence-corrected chi connectivity index (χ2v) is 2.73. The van der Waals surface area contributed by atoms with E-state index in [0.717, 1.165) is 26.0 Å². The Balaban J connectivity index is 3.03. The lowest BCUT2D eigenvalue weighted by molar-refractivity contribution is 0.193. The predicted molar refractivity (Wildman–Crippen MR) is 48.8 cm³/mol. The quantitative estimate of drug-likeness (QED) is 0.447. The Labute approximate surface area is 69.6 Å². The summed E-state index contributed by atoms with van der Waals surface area (Å²) >= 11 is 0. The largest absolute Gasteiger partial charge is 0.385 e. The van der Waals surface area contributed by atoms with Crippen molar-refractivity contribution in [3.63, 3.8) is 0 Å². The molecule has 0 aromatic carbocycles. The van der Waals surface area contributed by atoms with E-state index in [2.05, 4.69) is 18.8 Å². The van der Waals surface area contributed by atoms with Crippen molar-refractivity contribution in [3.8, 4) is 0 Å². The van der Waals surface area contributed by atoms with E-state index in [-0.39, 0.29) is 0 Å². The van der Waals surface area contributed by atoms with Crippen LogP contribution < -0.4 is 5.32 Å². The summed E-state index contributed by atoms with van der Waals surface area (Å²) in [5, 5.41) is 3.37.